The fraction of sp³-hybridized carbons (Fsp3) is 0.938. The second-order valence-corrected chi connectivity index (χ2v) is 7.82. The standard InChI is InChI=1S/C16H32N2O2S/c1-16(2,3)20-15(19)18-12-13-8-7-9-14(13)17-10-5-6-11-21-4/h13-14,17H,5-12H2,1-4H3,(H,18,19). The minimum atomic E-state index is -0.422. The molecule has 1 rings (SSSR count). The van der Waals surface area contributed by atoms with Crippen LogP contribution in [-0.2, 0) is 4.74 Å². The molecule has 2 unspecified atom stereocenters. The average molecular weight is 317 g/mol. The first-order chi connectivity index (χ1) is 9.92. The van der Waals surface area contributed by atoms with Crippen LogP contribution in [0.15, 0.2) is 0 Å². The monoisotopic (exact) mass is 316 g/mol. The van der Waals surface area contributed by atoms with E-state index in [9.17, 15) is 4.79 Å². The molecule has 21 heavy (non-hydrogen) atoms. The van der Waals surface area contributed by atoms with Crippen LogP contribution in [0.4, 0.5) is 4.79 Å². The quantitative estimate of drug-likeness (QED) is 0.674. The summed E-state index contributed by atoms with van der Waals surface area (Å²) in [5, 5.41) is 6.58. The van der Waals surface area contributed by atoms with Crippen LogP contribution in [0.5, 0.6) is 0 Å². The van der Waals surface area contributed by atoms with Crippen LogP contribution >= 0.6 is 11.8 Å². The summed E-state index contributed by atoms with van der Waals surface area (Å²) in [7, 11) is 0. The Morgan fingerprint density at radius 3 is 2.71 bits per heavy atom. The molecule has 1 fully saturated rings. The van der Waals surface area contributed by atoms with Crippen molar-refractivity contribution in [3.63, 3.8) is 0 Å². The lowest BCUT2D eigenvalue weighted by Crippen LogP contribution is -2.41. The summed E-state index contributed by atoms with van der Waals surface area (Å²) in [6.45, 7) is 7.48. The van der Waals surface area contributed by atoms with Gasteiger partial charge in [0.15, 0.2) is 0 Å². The van der Waals surface area contributed by atoms with Crippen molar-refractivity contribution in [2.24, 2.45) is 5.92 Å². The van der Waals surface area contributed by atoms with Crippen molar-refractivity contribution in [3.8, 4) is 0 Å². The van der Waals surface area contributed by atoms with E-state index >= 15 is 0 Å². The number of hydrogen-bond donors (Lipinski definition) is 2. The van der Waals surface area contributed by atoms with Crippen LogP contribution in [-0.4, -0.2) is 42.8 Å². The maximum absolute atomic E-state index is 11.7. The van der Waals surface area contributed by atoms with Crippen molar-refractivity contribution in [3.05, 3.63) is 0 Å². The maximum atomic E-state index is 11.7. The van der Waals surface area contributed by atoms with Crippen LogP contribution in [0.1, 0.15) is 52.9 Å². The van der Waals surface area contributed by atoms with E-state index in [2.05, 4.69) is 16.9 Å². The number of carbonyl (C=O) groups excluding carboxylic acids is 1. The maximum Gasteiger partial charge on any atom is 0.407 e. The number of nitrogens with one attached hydrogen (secondary N) is 2. The van der Waals surface area contributed by atoms with Crippen molar-refractivity contribution >= 4 is 17.9 Å². The predicted octanol–water partition coefficient (Wildman–Crippen LogP) is 3.41. The van der Waals surface area contributed by atoms with Gasteiger partial charge in [-0.1, -0.05) is 6.42 Å². The molecule has 1 aliphatic carbocycles. The van der Waals surface area contributed by atoms with Crippen LogP contribution < -0.4 is 10.6 Å². The molecule has 0 aromatic rings. The lowest BCUT2D eigenvalue weighted by atomic mass is 10.0. The van der Waals surface area contributed by atoms with Gasteiger partial charge in [0.25, 0.3) is 0 Å². The van der Waals surface area contributed by atoms with Gasteiger partial charge in [0, 0.05) is 12.6 Å². The lowest BCUT2D eigenvalue weighted by Gasteiger charge is -2.23. The van der Waals surface area contributed by atoms with Gasteiger partial charge in [-0.15, -0.1) is 0 Å². The van der Waals surface area contributed by atoms with E-state index in [1.807, 2.05) is 32.5 Å². The molecule has 0 aromatic heterocycles. The summed E-state index contributed by atoms with van der Waals surface area (Å²) in [4.78, 5) is 11.7. The van der Waals surface area contributed by atoms with Crippen molar-refractivity contribution in [1.82, 2.24) is 10.6 Å². The number of ether oxygens (including phenoxy) is 1. The molecule has 0 bridgehead atoms. The Hall–Kier alpha value is -0.420. The highest BCUT2D eigenvalue weighted by Crippen LogP contribution is 2.25. The first-order valence-corrected chi connectivity index (χ1v) is 9.51. The number of hydrogen-bond acceptors (Lipinski definition) is 4. The van der Waals surface area contributed by atoms with Gasteiger partial charge in [-0.2, -0.15) is 11.8 Å². The molecule has 0 saturated heterocycles. The highest BCUT2D eigenvalue weighted by molar-refractivity contribution is 7.98. The van der Waals surface area contributed by atoms with Gasteiger partial charge in [0.1, 0.15) is 5.60 Å². The van der Waals surface area contributed by atoms with Gasteiger partial charge in [-0.05, 0) is 70.9 Å². The normalized spacial score (nSPS) is 22.3. The van der Waals surface area contributed by atoms with Crippen LogP contribution in [0, 0.1) is 5.92 Å². The Morgan fingerprint density at radius 2 is 2.05 bits per heavy atom. The summed E-state index contributed by atoms with van der Waals surface area (Å²) in [5.74, 6) is 1.79. The largest absolute Gasteiger partial charge is 0.444 e. The predicted molar refractivity (Wildman–Crippen MR) is 91.0 cm³/mol. The number of carbonyl (C=O) groups is 1. The van der Waals surface area contributed by atoms with Crippen molar-refractivity contribution in [2.45, 2.75) is 64.5 Å². The molecule has 0 radical (unpaired) electrons. The molecule has 5 heteroatoms. The Balaban J connectivity index is 2.19. The van der Waals surface area contributed by atoms with Crippen molar-refractivity contribution in [1.29, 1.82) is 0 Å². The molecule has 0 aromatic carbocycles. The second kappa shape index (κ2) is 9.57. The molecule has 0 heterocycles. The zero-order chi connectivity index (χ0) is 15.7. The molecular weight excluding hydrogens is 284 g/mol. The van der Waals surface area contributed by atoms with Gasteiger partial charge < -0.3 is 15.4 Å². The summed E-state index contributed by atoms with van der Waals surface area (Å²) in [6.07, 6.45) is 8.05. The molecule has 124 valence electrons. The van der Waals surface area contributed by atoms with E-state index in [1.54, 1.807) is 0 Å². The van der Waals surface area contributed by atoms with E-state index in [0.29, 0.717) is 12.0 Å². The lowest BCUT2D eigenvalue weighted by molar-refractivity contribution is 0.0517. The minimum absolute atomic E-state index is 0.298. The SMILES string of the molecule is CSCCCCNC1CCCC1CNC(=O)OC(C)(C)C. The topological polar surface area (TPSA) is 50.4 Å². The van der Waals surface area contributed by atoms with E-state index < -0.39 is 5.60 Å². The molecule has 1 amide bonds. The zero-order valence-corrected chi connectivity index (χ0v) is 14.9. The van der Waals surface area contributed by atoms with E-state index in [0.717, 1.165) is 13.1 Å². The summed E-state index contributed by atoms with van der Waals surface area (Å²) in [6, 6.07) is 0.550. The van der Waals surface area contributed by atoms with E-state index in [4.69, 9.17) is 4.74 Å². The van der Waals surface area contributed by atoms with Gasteiger partial charge in [-0.25, -0.2) is 4.79 Å². The van der Waals surface area contributed by atoms with E-state index in [-0.39, 0.29) is 6.09 Å². The third kappa shape index (κ3) is 8.57. The second-order valence-electron chi connectivity index (χ2n) is 6.83. The number of unbranched alkanes of at least 4 members (excludes halogenated alkanes) is 1. The average Bonchev–Trinajstić information content (AvgIpc) is 2.81. The minimum Gasteiger partial charge on any atom is -0.444 e. The molecule has 1 saturated carbocycles. The Bertz CT molecular complexity index is 305. The van der Waals surface area contributed by atoms with Crippen molar-refractivity contribution < 1.29 is 9.53 Å². The Morgan fingerprint density at radius 1 is 1.29 bits per heavy atom. The Labute approximate surface area is 134 Å². The number of alkyl carbamates (subject to hydrolysis) is 1. The number of thioether (sulfide) groups is 1. The van der Waals surface area contributed by atoms with Gasteiger partial charge in [-0.3, -0.25) is 0 Å². The molecular formula is C16H32N2O2S. The third-order valence-electron chi connectivity index (χ3n) is 3.75. The summed E-state index contributed by atoms with van der Waals surface area (Å²) < 4.78 is 5.29. The number of rotatable bonds is 8. The van der Waals surface area contributed by atoms with Gasteiger partial charge in [0.2, 0.25) is 0 Å². The van der Waals surface area contributed by atoms with Crippen molar-refractivity contribution in [2.75, 3.05) is 25.1 Å². The zero-order valence-electron chi connectivity index (χ0n) is 14.0. The fourth-order valence-electron chi connectivity index (χ4n) is 2.74. The molecule has 2 N–H and O–H groups in total. The molecule has 0 spiro atoms. The summed E-state index contributed by atoms with van der Waals surface area (Å²) in [5.41, 5.74) is -0.422. The van der Waals surface area contributed by atoms with Crippen LogP contribution in [0.2, 0.25) is 0 Å². The fourth-order valence-corrected chi connectivity index (χ4v) is 3.23. The number of amides is 1. The first-order valence-electron chi connectivity index (χ1n) is 8.11. The Kier molecular flexibility index (Phi) is 8.49. The first kappa shape index (κ1) is 18.6. The third-order valence-corrected chi connectivity index (χ3v) is 4.45. The summed E-state index contributed by atoms with van der Waals surface area (Å²) >= 11 is 1.91. The van der Waals surface area contributed by atoms with Gasteiger partial charge in [0.05, 0.1) is 0 Å². The molecule has 2 atom stereocenters. The molecule has 4 nitrogen and oxygen atoms in total. The van der Waals surface area contributed by atoms with Crippen LogP contribution in [0.3, 0.4) is 0 Å². The highest BCUT2D eigenvalue weighted by Gasteiger charge is 2.27. The van der Waals surface area contributed by atoms with Gasteiger partial charge >= 0.3 is 6.09 Å². The highest BCUT2D eigenvalue weighted by atomic mass is 32.2. The molecule has 0 aliphatic heterocycles. The smallest absolute Gasteiger partial charge is 0.407 e. The van der Waals surface area contributed by atoms with Crippen LogP contribution in [0.25, 0.3) is 0 Å². The molecule has 1 aliphatic rings. The van der Waals surface area contributed by atoms with E-state index in [1.165, 1.54) is 37.9 Å².